The molecular formula is C19H29N3O2. The minimum Gasteiger partial charge on any atom is -0.396 e. The Labute approximate surface area is 144 Å². The molecule has 2 aliphatic rings. The number of carbonyl (C=O) groups excluding carboxylic acids is 1. The van der Waals surface area contributed by atoms with Crippen LogP contribution < -0.4 is 5.32 Å². The molecule has 132 valence electrons. The minimum absolute atomic E-state index is 0.0445. The van der Waals surface area contributed by atoms with Crippen molar-refractivity contribution in [3.05, 3.63) is 35.4 Å². The van der Waals surface area contributed by atoms with Gasteiger partial charge < -0.3 is 15.3 Å². The van der Waals surface area contributed by atoms with Crippen LogP contribution in [-0.2, 0) is 6.54 Å². The van der Waals surface area contributed by atoms with E-state index >= 15 is 0 Å². The minimum atomic E-state index is 0.0445. The van der Waals surface area contributed by atoms with Gasteiger partial charge in [-0.15, -0.1) is 0 Å². The zero-order valence-corrected chi connectivity index (χ0v) is 14.6. The van der Waals surface area contributed by atoms with Gasteiger partial charge in [0.25, 0.3) is 0 Å². The number of amides is 2. The number of hydrogen-bond acceptors (Lipinski definition) is 3. The van der Waals surface area contributed by atoms with Gasteiger partial charge in [0.15, 0.2) is 0 Å². The van der Waals surface area contributed by atoms with Crippen molar-refractivity contribution < 1.29 is 9.90 Å². The van der Waals surface area contributed by atoms with Gasteiger partial charge in [-0.3, -0.25) is 4.90 Å². The second-order valence-electron chi connectivity index (χ2n) is 7.27. The van der Waals surface area contributed by atoms with E-state index in [0.29, 0.717) is 6.54 Å². The molecule has 3 rings (SSSR count). The molecule has 0 radical (unpaired) electrons. The molecule has 0 bridgehead atoms. The number of aliphatic hydroxyl groups excluding tert-OH is 1. The monoisotopic (exact) mass is 331 g/mol. The average molecular weight is 331 g/mol. The Morgan fingerprint density at radius 2 is 2.04 bits per heavy atom. The van der Waals surface area contributed by atoms with Crippen LogP contribution in [0.15, 0.2) is 24.3 Å². The Balaban J connectivity index is 1.41. The molecule has 1 atom stereocenters. The van der Waals surface area contributed by atoms with Crippen molar-refractivity contribution in [3.63, 3.8) is 0 Å². The number of aliphatic hydroxyl groups is 1. The highest BCUT2D eigenvalue weighted by molar-refractivity contribution is 5.74. The van der Waals surface area contributed by atoms with Gasteiger partial charge in [-0.25, -0.2) is 4.79 Å². The number of nitrogens with zero attached hydrogens (tertiary/aromatic N) is 2. The fourth-order valence-corrected chi connectivity index (χ4v) is 3.74. The van der Waals surface area contributed by atoms with E-state index in [0.717, 1.165) is 45.4 Å². The quantitative estimate of drug-likeness (QED) is 0.887. The third-order valence-electron chi connectivity index (χ3n) is 5.24. The maximum absolute atomic E-state index is 12.3. The van der Waals surface area contributed by atoms with Gasteiger partial charge in [0, 0.05) is 51.3 Å². The van der Waals surface area contributed by atoms with E-state index in [-0.39, 0.29) is 24.6 Å². The molecule has 2 amide bonds. The van der Waals surface area contributed by atoms with Crippen molar-refractivity contribution in [1.29, 1.82) is 0 Å². The van der Waals surface area contributed by atoms with Crippen molar-refractivity contribution in [3.8, 4) is 0 Å². The summed E-state index contributed by atoms with van der Waals surface area (Å²) in [5, 5.41) is 12.4. The van der Waals surface area contributed by atoms with Gasteiger partial charge in [-0.05, 0) is 31.7 Å². The molecule has 0 saturated carbocycles. The van der Waals surface area contributed by atoms with Crippen LogP contribution in [0.4, 0.5) is 4.79 Å². The summed E-state index contributed by atoms with van der Waals surface area (Å²) in [6.45, 7) is 6.81. The maximum Gasteiger partial charge on any atom is 0.317 e. The number of benzene rings is 1. The van der Waals surface area contributed by atoms with E-state index in [1.54, 1.807) is 0 Å². The number of hydrogen-bond donors (Lipinski definition) is 2. The molecule has 2 aliphatic heterocycles. The summed E-state index contributed by atoms with van der Waals surface area (Å²) in [5.74, 6) is 0.256. The lowest BCUT2D eigenvalue weighted by Crippen LogP contribution is -2.48. The number of likely N-dealkylation sites (tertiary alicyclic amines) is 2. The van der Waals surface area contributed by atoms with Crippen LogP contribution in [-0.4, -0.2) is 59.8 Å². The third kappa shape index (κ3) is 4.48. The Bertz CT molecular complexity index is 555. The lowest BCUT2D eigenvalue weighted by molar-refractivity contribution is 0.171. The molecule has 1 unspecified atom stereocenters. The van der Waals surface area contributed by atoms with Crippen LogP contribution in [0.25, 0.3) is 0 Å². The van der Waals surface area contributed by atoms with Crippen molar-refractivity contribution in [2.24, 2.45) is 5.92 Å². The highest BCUT2D eigenvalue weighted by atomic mass is 16.3. The van der Waals surface area contributed by atoms with E-state index < -0.39 is 0 Å². The van der Waals surface area contributed by atoms with E-state index in [9.17, 15) is 9.90 Å². The first-order chi connectivity index (χ1) is 11.6. The maximum atomic E-state index is 12.3. The SMILES string of the molecule is Cc1cccc(CN2CCC(NC(=O)N3CCC(CO)C3)CC2)c1. The lowest BCUT2D eigenvalue weighted by atomic mass is 10.0. The molecule has 5 heteroatoms. The second kappa shape index (κ2) is 7.99. The first-order valence-corrected chi connectivity index (χ1v) is 9.08. The molecule has 0 spiro atoms. The number of urea groups is 1. The predicted octanol–water partition coefficient (Wildman–Crippen LogP) is 1.98. The predicted molar refractivity (Wildman–Crippen MR) is 94.8 cm³/mol. The normalized spacial score (nSPS) is 22.8. The van der Waals surface area contributed by atoms with E-state index in [1.165, 1.54) is 11.1 Å². The van der Waals surface area contributed by atoms with Gasteiger partial charge in [0.05, 0.1) is 0 Å². The van der Waals surface area contributed by atoms with Crippen LogP contribution in [0.5, 0.6) is 0 Å². The summed E-state index contributed by atoms with van der Waals surface area (Å²) in [7, 11) is 0. The lowest BCUT2D eigenvalue weighted by Gasteiger charge is -2.33. The molecule has 0 aromatic heterocycles. The van der Waals surface area contributed by atoms with Gasteiger partial charge in [-0.1, -0.05) is 29.8 Å². The zero-order valence-electron chi connectivity index (χ0n) is 14.6. The van der Waals surface area contributed by atoms with Gasteiger partial charge in [0.2, 0.25) is 0 Å². The molecular weight excluding hydrogens is 302 g/mol. The number of aryl methyl sites for hydroxylation is 1. The Hall–Kier alpha value is -1.59. The highest BCUT2D eigenvalue weighted by Gasteiger charge is 2.28. The van der Waals surface area contributed by atoms with Gasteiger partial charge >= 0.3 is 6.03 Å². The Kier molecular flexibility index (Phi) is 5.74. The molecule has 2 heterocycles. The van der Waals surface area contributed by atoms with Crippen LogP contribution in [0, 0.1) is 12.8 Å². The highest BCUT2D eigenvalue weighted by Crippen LogP contribution is 2.18. The first-order valence-electron chi connectivity index (χ1n) is 9.08. The summed E-state index contributed by atoms with van der Waals surface area (Å²) in [5.41, 5.74) is 2.67. The summed E-state index contributed by atoms with van der Waals surface area (Å²) in [4.78, 5) is 16.6. The number of carbonyl (C=O) groups is 1. The van der Waals surface area contributed by atoms with Gasteiger partial charge in [0.1, 0.15) is 0 Å². The molecule has 0 aliphatic carbocycles. The molecule has 1 aromatic rings. The average Bonchev–Trinajstić information content (AvgIpc) is 3.06. The number of nitrogens with one attached hydrogen (secondary N) is 1. The molecule has 24 heavy (non-hydrogen) atoms. The van der Waals surface area contributed by atoms with E-state index in [1.807, 2.05) is 4.90 Å². The molecule has 2 N–H and O–H groups in total. The van der Waals surface area contributed by atoms with Gasteiger partial charge in [-0.2, -0.15) is 0 Å². The van der Waals surface area contributed by atoms with Crippen molar-refractivity contribution in [1.82, 2.24) is 15.1 Å². The molecule has 5 nitrogen and oxygen atoms in total. The summed E-state index contributed by atoms with van der Waals surface area (Å²) >= 11 is 0. The fraction of sp³-hybridized carbons (Fsp3) is 0.632. The fourth-order valence-electron chi connectivity index (χ4n) is 3.74. The first kappa shape index (κ1) is 17.2. The Morgan fingerprint density at radius 3 is 2.71 bits per heavy atom. The summed E-state index contributed by atoms with van der Waals surface area (Å²) < 4.78 is 0. The topological polar surface area (TPSA) is 55.8 Å². The largest absolute Gasteiger partial charge is 0.396 e. The van der Waals surface area contributed by atoms with Crippen LogP contribution in [0.1, 0.15) is 30.4 Å². The number of piperidine rings is 1. The molecule has 2 fully saturated rings. The van der Waals surface area contributed by atoms with Crippen molar-refractivity contribution in [2.45, 2.75) is 38.8 Å². The van der Waals surface area contributed by atoms with Crippen LogP contribution >= 0.6 is 0 Å². The van der Waals surface area contributed by atoms with E-state index in [4.69, 9.17) is 0 Å². The standard InChI is InChI=1S/C19H29N3O2/c1-15-3-2-4-16(11-15)12-21-8-6-18(7-9-21)20-19(24)22-10-5-17(13-22)14-23/h2-4,11,17-18,23H,5-10,12-14H2,1H3,(H,20,24). The Morgan fingerprint density at radius 1 is 1.25 bits per heavy atom. The number of rotatable bonds is 4. The van der Waals surface area contributed by atoms with Crippen molar-refractivity contribution in [2.75, 3.05) is 32.8 Å². The van der Waals surface area contributed by atoms with Crippen molar-refractivity contribution >= 4 is 6.03 Å². The zero-order chi connectivity index (χ0) is 16.9. The molecule has 2 saturated heterocycles. The summed E-state index contributed by atoms with van der Waals surface area (Å²) in [6, 6.07) is 9.01. The third-order valence-corrected chi connectivity index (χ3v) is 5.24. The smallest absolute Gasteiger partial charge is 0.317 e. The second-order valence-corrected chi connectivity index (χ2v) is 7.27. The van der Waals surface area contributed by atoms with Crippen LogP contribution in [0.3, 0.4) is 0 Å². The van der Waals surface area contributed by atoms with E-state index in [2.05, 4.69) is 41.4 Å². The molecule has 1 aromatic carbocycles. The van der Waals surface area contributed by atoms with Crippen LogP contribution in [0.2, 0.25) is 0 Å². The summed E-state index contributed by atoms with van der Waals surface area (Å²) in [6.07, 6.45) is 2.93.